The molecule has 1 saturated heterocycles. The highest BCUT2D eigenvalue weighted by Crippen LogP contribution is 2.32. The maximum atomic E-state index is 5.36. The van der Waals surface area contributed by atoms with Crippen LogP contribution in [0.4, 0.5) is 5.13 Å². The lowest BCUT2D eigenvalue weighted by atomic mass is 10.0. The van der Waals surface area contributed by atoms with E-state index in [1.165, 1.54) is 4.70 Å². The lowest BCUT2D eigenvalue weighted by molar-refractivity contribution is 0.171. The number of rotatable bonds is 8. The second-order valence-electron chi connectivity index (χ2n) is 7.92. The third-order valence-corrected chi connectivity index (χ3v) is 7.07. The number of thiazole rings is 1. The molecule has 172 valence electrons. The molecule has 4 aromatic rings. The van der Waals surface area contributed by atoms with E-state index in [0.717, 1.165) is 54.0 Å². The fourth-order valence-electron chi connectivity index (χ4n) is 4.22. The van der Waals surface area contributed by atoms with Crippen molar-refractivity contribution in [3.63, 3.8) is 0 Å². The molecule has 9 nitrogen and oxygen atoms in total. The van der Waals surface area contributed by atoms with Crippen LogP contribution in [0.25, 0.3) is 10.2 Å². The molecule has 1 unspecified atom stereocenters. The van der Waals surface area contributed by atoms with Gasteiger partial charge in [0, 0.05) is 33.3 Å². The van der Waals surface area contributed by atoms with Gasteiger partial charge >= 0.3 is 0 Å². The number of para-hydroxylation sites is 1. The zero-order valence-electron chi connectivity index (χ0n) is 18.8. The maximum Gasteiger partial charge on any atom is 0.186 e. The maximum absolute atomic E-state index is 5.36. The van der Waals surface area contributed by atoms with E-state index in [-0.39, 0.29) is 6.04 Å². The predicted molar refractivity (Wildman–Crippen MR) is 128 cm³/mol. The first-order valence-electron chi connectivity index (χ1n) is 11.0. The summed E-state index contributed by atoms with van der Waals surface area (Å²) in [5.74, 6) is 1.66. The number of tetrazole rings is 1. The van der Waals surface area contributed by atoms with Gasteiger partial charge in [-0.15, -0.1) is 5.10 Å². The Kier molecular flexibility index (Phi) is 6.47. The lowest BCUT2D eigenvalue weighted by Gasteiger charge is -2.38. The molecule has 1 fully saturated rings. The summed E-state index contributed by atoms with van der Waals surface area (Å²) in [6.45, 7) is 4.71. The van der Waals surface area contributed by atoms with Gasteiger partial charge in [-0.2, -0.15) is 0 Å². The number of ether oxygens (including phenoxy) is 2. The zero-order valence-corrected chi connectivity index (χ0v) is 19.6. The first kappa shape index (κ1) is 21.7. The summed E-state index contributed by atoms with van der Waals surface area (Å²) in [6, 6.07) is 16.4. The number of aromatic nitrogens is 5. The average molecular weight is 466 g/mol. The number of fused-ring (bicyclic) bond motifs is 1. The molecule has 0 aliphatic carbocycles. The van der Waals surface area contributed by atoms with Gasteiger partial charge in [-0.3, -0.25) is 4.90 Å². The monoisotopic (exact) mass is 465 g/mol. The van der Waals surface area contributed by atoms with Gasteiger partial charge in [-0.25, -0.2) is 9.67 Å². The molecule has 1 aliphatic heterocycles. The molecule has 0 bridgehead atoms. The summed E-state index contributed by atoms with van der Waals surface area (Å²) in [5.41, 5.74) is 2.20. The Hall–Kier alpha value is -3.08. The lowest BCUT2D eigenvalue weighted by Crippen LogP contribution is -2.48. The van der Waals surface area contributed by atoms with E-state index in [4.69, 9.17) is 14.5 Å². The van der Waals surface area contributed by atoms with Crippen molar-refractivity contribution in [3.8, 4) is 5.75 Å². The first-order chi connectivity index (χ1) is 16.3. The summed E-state index contributed by atoms with van der Waals surface area (Å²) in [7, 11) is 3.37. The quantitative estimate of drug-likeness (QED) is 0.393. The van der Waals surface area contributed by atoms with Crippen LogP contribution in [0.3, 0.4) is 0 Å². The second-order valence-corrected chi connectivity index (χ2v) is 8.93. The summed E-state index contributed by atoms with van der Waals surface area (Å²) in [4.78, 5) is 9.66. The second kappa shape index (κ2) is 9.82. The highest BCUT2D eigenvalue weighted by atomic mass is 32.1. The Morgan fingerprint density at radius 2 is 1.79 bits per heavy atom. The largest absolute Gasteiger partial charge is 0.497 e. The van der Waals surface area contributed by atoms with Crippen LogP contribution in [-0.4, -0.2) is 77.1 Å². The number of benzene rings is 2. The van der Waals surface area contributed by atoms with Gasteiger partial charge in [0.1, 0.15) is 5.75 Å². The van der Waals surface area contributed by atoms with Crippen molar-refractivity contribution >= 4 is 26.7 Å². The number of piperazine rings is 1. The first-order valence-corrected chi connectivity index (χ1v) is 11.8. The van der Waals surface area contributed by atoms with Crippen molar-refractivity contribution < 1.29 is 9.47 Å². The number of hydrogen-bond donors (Lipinski definition) is 0. The topological polar surface area (TPSA) is 81.4 Å². The van der Waals surface area contributed by atoms with Gasteiger partial charge < -0.3 is 14.4 Å². The van der Waals surface area contributed by atoms with Gasteiger partial charge in [0.25, 0.3) is 0 Å². The normalized spacial score (nSPS) is 15.8. The Bertz CT molecular complexity index is 1150. The Morgan fingerprint density at radius 3 is 2.52 bits per heavy atom. The number of methoxy groups -OCH3 is 2. The van der Waals surface area contributed by atoms with Gasteiger partial charge in [0.15, 0.2) is 11.0 Å². The van der Waals surface area contributed by atoms with E-state index < -0.39 is 0 Å². The summed E-state index contributed by atoms with van der Waals surface area (Å²) >= 11 is 1.76. The smallest absolute Gasteiger partial charge is 0.186 e. The molecule has 0 spiro atoms. The van der Waals surface area contributed by atoms with E-state index in [2.05, 4.69) is 55.7 Å². The molecule has 0 saturated carbocycles. The highest BCUT2D eigenvalue weighted by Gasteiger charge is 2.31. The zero-order chi connectivity index (χ0) is 22.6. The Labute approximate surface area is 196 Å². The summed E-state index contributed by atoms with van der Waals surface area (Å²) in [5, 5.41) is 13.7. The minimum Gasteiger partial charge on any atom is -0.497 e. The van der Waals surface area contributed by atoms with E-state index in [1.807, 2.05) is 22.9 Å². The third kappa shape index (κ3) is 4.54. The van der Waals surface area contributed by atoms with E-state index in [0.29, 0.717) is 13.2 Å². The molecular weight excluding hydrogens is 438 g/mol. The number of anilines is 1. The number of nitrogens with zero attached hydrogens (tertiary/aromatic N) is 7. The average Bonchev–Trinajstić information content (AvgIpc) is 3.51. The molecule has 33 heavy (non-hydrogen) atoms. The molecular formula is C23H27N7O2S. The van der Waals surface area contributed by atoms with E-state index in [9.17, 15) is 0 Å². The molecule has 5 rings (SSSR count). The van der Waals surface area contributed by atoms with Gasteiger partial charge in [-0.05, 0) is 40.3 Å². The van der Waals surface area contributed by atoms with Crippen molar-refractivity contribution in [2.24, 2.45) is 0 Å². The minimum absolute atomic E-state index is 0.0553. The molecule has 0 amide bonds. The van der Waals surface area contributed by atoms with Crippen LogP contribution in [0.5, 0.6) is 5.75 Å². The summed E-state index contributed by atoms with van der Waals surface area (Å²) < 4.78 is 13.7. The molecule has 2 aromatic heterocycles. The SMILES string of the molecule is COCCn1nnnc1C(c1ccc(OC)cc1)N1CCN(c2nc3ccccc3s2)CC1. The minimum atomic E-state index is -0.0553. The van der Waals surface area contributed by atoms with Gasteiger partial charge in [0.2, 0.25) is 0 Å². The Morgan fingerprint density at radius 1 is 1.00 bits per heavy atom. The van der Waals surface area contributed by atoms with Crippen LogP contribution in [0.15, 0.2) is 48.5 Å². The molecule has 1 aliphatic rings. The molecule has 2 aromatic carbocycles. The van der Waals surface area contributed by atoms with Crippen LogP contribution in [-0.2, 0) is 11.3 Å². The van der Waals surface area contributed by atoms with Crippen LogP contribution in [0.1, 0.15) is 17.4 Å². The van der Waals surface area contributed by atoms with Crippen molar-refractivity contribution in [1.82, 2.24) is 30.1 Å². The Balaban J connectivity index is 1.39. The van der Waals surface area contributed by atoms with Crippen molar-refractivity contribution in [2.45, 2.75) is 12.6 Å². The predicted octanol–water partition coefficient (Wildman–Crippen LogP) is 2.85. The molecule has 1 atom stereocenters. The molecule has 0 radical (unpaired) electrons. The van der Waals surface area contributed by atoms with Crippen molar-refractivity contribution in [1.29, 1.82) is 0 Å². The number of hydrogen-bond acceptors (Lipinski definition) is 9. The fourth-order valence-corrected chi connectivity index (χ4v) is 5.24. The molecule has 0 N–H and O–H groups in total. The van der Waals surface area contributed by atoms with E-state index in [1.54, 1.807) is 25.6 Å². The van der Waals surface area contributed by atoms with Crippen LogP contribution in [0, 0.1) is 0 Å². The van der Waals surface area contributed by atoms with Crippen LogP contribution >= 0.6 is 11.3 Å². The van der Waals surface area contributed by atoms with Crippen molar-refractivity contribution in [3.05, 3.63) is 59.9 Å². The van der Waals surface area contributed by atoms with Crippen LogP contribution < -0.4 is 9.64 Å². The molecule has 3 heterocycles. The molecule has 10 heteroatoms. The van der Waals surface area contributed by atoms with E-state index >= 15 is 0 Å². The third-order valence-electron chi connectivity index (χ3n) is 5.98. The van der Waals surface area contributed by atoms with Gasteiger partial charge in [0.05, 0.1) is 36.5 Å². The van der Waals surface area contributed by atoms with Crippen molar-refractivity contribution in [2.75, 3.05) is 51.9 Å². The fraction of sp³-hybridized carbons (Fsp3) is 0.391. The summed E-state index contributed by atoms with van der Waals surface area (Å²) in [6.07, 6.45) is 0. The van der Waals surface area contributed by atoms with Gasteiger partial charge in [-0.1, -0.05) is 35.6 Å². The standard InChI is InChI=1S/C23H27N7O2S/c1-31-16-15-30-22(25-26-27-30)21(17-7-9-18(32-2)10-8-17)28-11-13-29(14-12-28)23-24-19-5-3-4-6-20(19)33-23/h3-10,21H,11-16H2,1-2H3. The van der Waals surface area contributed by atoms with Crippen LogP contribution in [0.2, 0.25) is 0 Å². The highest BCUT2D eigenvalue weighted by molar-refractivity contribution is 7.22.